The third-order valence-corrected chi connectivity index (χ3v) is 21.0. The molecule has 2 amide bonds. The van der Waals surface area contributed by atoms with Crippen LogP contribution in [0.5, 0.6) is 0 Å². The molecule has 0 aromatic heterocycles. The van der Waals surface area contributed by atoms with Crippen molar-refractivity contribution in [1.82, 2.24) is 10.6 Å². The van der Waals surface area contributed by atoms with Crippen LogP contribution in [0.4, 0.5) is 0 Å². The summed E-state index contributed by atoms with van der Waals surface area (Å²) in [4.78, 5) is 76.0. The number of nitrogens with one attached hydrogen (secondary N) is 2. The molecular weight excluding hydrogens is 1310 g/mol. The fourth-order valence-corrected chi connectivity index (χ4v) is 14.6. The Morgan fingerprint density at radius 1 is 0.386 bits per heavy atom. The third kappa shape index (κ3) is 50.0. The van der Waals surface area contributed by atoms with E-state index in [-0.39, 0.29) is 19.3 Å². The molecule has 0 unspecified atom stereocenters. The molecule has 2 heterocycles. The van der Waals surface area contributed by atoms with E-state index in [2.05, 4.69) is 38.3 Å². The molecule has 2 fully saturated rings. The molecule has 21 heteroatoms. The van der Waals surface area contributed by atoms with Crippen molar-refractivity contribution in [2.75, 3.05) is 13.2 Å². The largest absolute Gasteiger partial charge is 0.472 e. The van der Waals surface area contributed by atoms with E-state index in [1.165, 1.54) is 193 Å². The summed E-state index contributed by atoms with van der Waals surface area (Å²) in [6, 6.07) is -3.22. The van der Waals surface area contributed by atoms with Gasteiger partial charge in [0.2, 0.25) is 11.8 Å². The van der Waals surface area contributed by atoms with Gasteiger partial charge in [0.05, 0.1) is 38.3 Å². The Bertz CT molecular complexity index is 2020. The summed E-state index contributed by atoms with van der Waals surface area (Å²) in [5, 5.41) is 62.2. The SMILES string of the molecule is CCCCCCCCCCCCCCCCC[C@@H](O)CC(=O)N[C@H]1[C@H](OC[C@H]2O[C@H](OP(=O)(O)O)[C@H](NC(=O)C[C@H](O)CCCCCCCCCCCCCCCCC)[C@@H](OC(=O)CCCCCCCCCCCCC)[C@@H]2O)O[C@H](CO)[C@@H](O)[C@@H]1OC(=O)CCCCCCCCCCCCC. The highest BCUT2D eigenvalue weighted by atomic mass is 31.2. The van der Waals surface area contributed by atoms with E-state index in [9.17, 15) is 59.1 Å². The Balaban J connectivity index is 2.29. The van der Waals surface area contributed by atoms with Crippen LogP contribution < -0.4 is 10.6 Å². The van der Waals surface area contributed by atoms with Gasteiger partial charge in [-0.1, -0.05) is 349 Å². The fourth-order valence-electron chi connectivity index (χ4n) is 14.2. The second-order valence-corrected chi connectivity index (χ2v) is 31.2. The van der Waals surface area contributed by atoms with Crippen molar-refractivity contribution in [2.24, 2.45) is 0 Å². The molecule has 2 rings (SSSR count). The normalized spacial score (nSPS) is 21.5. The third-order valence-electron chi connectivity index (χ3n) is 20.5. The van der Waals surface area contributed by atoms with Gasteiger partial charge in [-0.05, 0) is 25.7 Å². The van der Waals surface area contributed by atoms with Crippen LogP contribution in [0.2, 0.25) is 0 Å². The molecule has 0 bridgehead atoms. The highest BCUT2D eigenvalue weighted by Crippen LogP contribution is 2.42. The average molecular weight is 1460 g/mol. The number of carbonyl (C=O) groups is 4. The van der Waals surface area contributed by atoms with Gasteiger partial charge in [-0.3, -0.25) is 23.7 Å². The minimum absolute atomic E-state index is 0.00627. The zero-order valence-electron chi connectivity index (χ0n) is 64.4. The molecule has 2 aliphatic rings. The van der Waals surface area contributed by atoms with Crippen LogP contribution >= 0.6 is 7.82 Å². The van der Waals surface area contributed by atoms with E-state index in [1.807, 2.05) is 0 Å². The second-order valence-electron chi connectivity index (χ2n) is 30.0. The summed E-state index contributed by atoms with van der Waals surface area (Å²) >= 11 is 0. The fraction of sp³-hybridized carbons (Fsp3) is 0.950. The topological polar surface area (TPSA) is 306 Å². The Kier molecular flexibility index (Phi) is 59.8. The van der Waals surface area contributed by atoms with Gasteiger partial charge in [-0.2, -0.15) is 0 Å². The first-order chi connectivity index (χ1) is 49.0. The van der Waals surface area contributed by atoms with Crippen molar-refractivity contribution >= 4 is 31.6 Å². The summed E-state index contributed by atoms with van der Waals surface area (Å²) in [7, 11) is -5.49. The van der Waals surface area contributed by atoms with Crippen molar-refractivity contribution in [1.29, 1.82) is 0 Å². The van der Waals surface area contributed by atoms with Gasteiger partial charge >= 0.3 is 19.8 Å². The number of rotatable bonds is 70. The number of aliphatic hydroxyl groups excluding tert-OH is 5. The van der Waals surface area contributed by atoms with Gasteiger partial charge in [-0.25, -0.2) is 4.57 Å². The highest BCUT2D eigenvalue weighted by molar-refractivity contribution is 7.46. The van der Waals surface area contributed by atoms with E-state index in [4.69, 9.17) is 28.2 Å². The van der Waals surface area contributed by atoms with Crippen molar-refractivity contribution in [3.63, 3.8) is 0 Å². The number of phosphoric ester groups is 1. The number of phosphoric acid groups is 1. The molecule has 9 N–H and O–H groups in total. The lowest BCUT2D eigenvalue weighted by Gasteiger charge is -2.46. The molecule has 2 saturated heterocycles. The standard InChI is InChI=1S/C80H153N2O18P/c1-5-9-13-17-21-25-29-31-33-35-39-41-45-49-53-57-65(84)61-69(86)81-73-77(98-71(88)59-55-51-47-43-37-27-23-19-15-11-7-3)75(90)67(63-83)96-79(73)95-64-68-76(91)78(99-72(89)60-56-52-48-44-38-28-24-20-16-12-8-4)74(80(97-68)100-101(92,93)94)82-70(87)62-66(85)58-54-50-46-42-40-36-34-32-30-26-22-18-14-10-6-2/h65-68,73-80,83-85,90-91H,5-64H2,1-4H3,(H,81,86)(H,82,87)(H2,92,93,94)/t65-,66-,67-,68-,73-,74-,75-,76-,77-,78-,79-,80-/m1/s1. The number of ether oxygens (including phenoxy) is 5. The zero-order valence-corrected chi connectivity index (χ0v) is 65.3. The minimum Gasteiger partial charge on any atom is -0.457 e. The summed E-state index contributed by atoms with van der Waals surface area (Å²) in [5.41, 5.74) is 0. The molecular formula is C80H153N2O18P. The Morgan fingerprint density at radius 3 is 0.931 bits per heavy atom. The Labute approximate surface area is 613 Å². The van der Waals surface area contributed by atoms with Gasteiger partial charge < -0.3 is 69.6 Å². The average Bonchev–Trinajstić information content (AvgIpc) is 0.789. The molecule has 0 radical (unpaired) electrons. The predicted octanol–water partition coefficient (Wildman–Crippen LogP) is 17.5. The highest BCUT2D eigenvalue weighted by Gasteiger charge is 2.53. The first-order valence-electron chi connectivity index (χ1n) is 41.9. The summed E-state index contributed by atoms with van der Waals surface area (Å²) < 4.78 is 48.3. The van der Waals surface area contributed by atoms with E-state index in [0.717, 1.165) is 116 Å². The van der Waals surface area contributed by atoms with Crippen LogP contribution in [0.3, 0.4) is 0 Å². The van der Waals surface area contributed by atoms with E-state index < -0.39 is 125 Å². The number of unbranched alkanes of at least 4 members (excludes halogenated alkanes) is 48. The predicted molar refractivity (Wildman–Crippen MR) is 402 cm³/mol. The molecule has 2 aliphatic heterocycles. The molecule has 101 heavy (non-hydrogen) atoms. The number of esters is 2. The molecule has 12 atom stereocenters. The lowest BCUT2D eigenvalue weighted by Crippen LogP contribution is -2.67. The Morgan fingerprint density at radius 2 is 0.644 bits per heavy atom. The molecule has 20 nitrogen and oxygen atoms in total. The van der Waals surface area contributed by atoms with Crippen LogP contribution in [-0.2, 0) is 52.0 Å². The maximum atomic E-state index is 14.0. The van der Waals surface area contributed by atoms with Crippen molar-refractivity contribution in [2.45, 2.75) is 474 Å². The molecule has 0 aromatic carbocycles. The number of hydrogen-bond acceptors (Lipinski definition) is 16. The number of aliphatic hydroxyl groups is 5. The first kappa shape index (κ1) is 94.7. The lowest BCUT2D eigenvalue weighted by atomic mass is 9.95. The number of amides is 2. The van der Waals surface area contributed by atoms with Gasteiger partial charge in [0.1, 0.15) is 36.5 Å². The molecule has 596 valence electrons. The lowest BCUT2D eigenvalue weighted by molar-refractivity contribution is -0.298. The van der Waals surface area contributed by atoms with E-state index >= 15 is 0 Å². The maximum absolute atomic E-state index is 14.0. The number of hydrogen-bond donors (Lipinski definition) is 9. The number of carbonyl (C=O) groups excluding carboxylic acids is 4. The summed E-state index contributed by atoms with van der Waals surface area (Å²) in [6.45, 7) is 7.33. The van der Waals surface area contributed by atoms with Crippen molar-refractivity contribution in [3.8, 4) is 0 Å². The van der Waals surface area contributed by atoms with Gasteiger partial charge in [0.15, 0.2) is 24.8 Å². The second kappa shape index (κ2) is 63.7. The van der Waals surface area contributed by atoms with Gasteiger partial charge in [0.25, 0.3) is 0 Å². The molecule has 0 aromatic rings. The van der Waals surface area contributed by atoms with Gasteiger partial charge in [-0.15, -0.1) is 0 Å². The summed E-state index contributed by atoms with van der Waals surface area (Å²) in [6.07, 6.45) is 42.3. The first-order valence-corrected chi connectivity index (χ1v) is 43.5. The monoisotopic (exact) mass is 1460 g/mol. The van der Waals surface area contributed by atoms with Crippen LogP contribution in [0.1, 0.15) is 400 Å². The molecule has 0 saturated carbocycles. The zero-order chi connectivity index (χ0) is 73.8. The van der Waals surface area contributed by atoms with Crippen molar-refractivity contribution in [3.05, 3.63) is 0 Å². The van der Waals surface area contributed by atoms with Gasteiger partial charge in [0, 0.05) is 12.8 Å². The van der Waals surface area contributed by atoms with E-state index in [1.54, 1.807) is 0 Å². The van der Waals surface area contributed by atoms with Crippen LogP contribution in [-0.4, -0.2) is 146 Å². The van der Waals surface area contributed by atoms with Crippen LogP contribution in [0.25, 0.3) is 0 Å². The summed E-state index contributed by atoms with van der Waals surface area (Å²) in [5.74, 6) is -2.92. The van der Waals surface area contributed by atoms with Crippen LogP contribution in [0, 0.1) is 0 Å². The van der Waals surface area contributed by atoms with Crippen LogP contribution in [0.15, 0.2) is 0 Å². The maximum Gasteiger partial charge on any atom is 0.472 e. The smallest absolute Gasteiger partial charge is 0.457 e. The van der Waals surface area contributed by atoms with E-state index in [0.29, 0.717) is 38.5 Å². The minimum atomic E-state index is -5.49. The quantitative estimate of drug-likeness (QED) is 0.0155. The molecule has 0 spiro atoms. The Hall–Kier alpha value is -2.33. The van der Waals surface area contributed by atoms with Crippen molar-refractivity contribution < 1.29 is 87.3 Å². The molecule has 0 aliphatic carbocycles.